The van der Waals surface area contributed by atoms with E-state index in [-0.39, 0.29) is 5.41 Å². The third kappa shape index (κ3) is 2.48. The lowest BCUT2D eigenvalue weighted by molar-refractivity contribution is 0.401. The summed E-state index contributed by atoms with van der Waals surface area (Å²) >= 11 is 0. The molecule has 0 spiro atoms. The van der Waals surface area contributed by atoms with E-state index in [4.69, 9.17) is 4.74 Å². The van der Waals surface area contributed by atoms with Crippen molar-refractivity contribution >= 4 is 0 Å². The Balaban J connectivity index is 2.13. The van der Waals surface area contributed by atoms with E-state index < -0.39 is 0 Å². The maximum absolute atomic E-state index is 5.83. The summed E-state index contributed by atoms with van der Waals surface area (Å²) < 4.78 is 5.83. The average molecular weight is 290 g/mol. The van der Waals surface area contributed by atoms with Crippen LogP contribution in [0.5, 0.6) is 5.75 Å². The Hall–Kier alpha value is -2.28. The fourth-order valence-corrected chi connectivity index (χ4v) is 3.18. The quantitative estimate of drug-likeness (QED) is 0.719. The first-order valence-corrected chi connectivity index (χ1v) is 7.73. The maximum atomic E-state index is 5.83. The van der Waals surface area contributed by atoms with Crippen molar-refractivity contribution in [2.45, 2.75) is 25.7 Å². The predicted molar refractivity (Wildman–Crippen MR) is 93.3 cm³/mol. The molecule has 0 radical (unpaired) electrons. The summed E-state index contributed by atoms with van der Waals surface area (Å²) in [6.07, 6.45) is 7.61. The Morgan fingerprint density at radius 3 is 2.36 bits per heavy atom. The van der Waals surface area contributed by atoms with E-state index >= 15 is 0 Å². The van der Waals surface area contributed by atoms with Gasteiger partial charge in [0, 0.05) is 16.5 Å². The van der Waals surface area contributed by atoms with Gasteiger partial charge in [0.2, 0.25) is 0 Å². The molecular weight excluding hydrogens is 268 g/mol. The van der Waals surface area contributed by atoms with Crippen molar-refractivity contribution in [1.82, 2.24) is 0 Å². The van der Waals surface area contributed by atoms with Gasteiger partial charge in [-0.1, -0.05) is 86.2 Å². The van der Waals surface area contributed by atoms with Gasteiger partial charge < -0.3 is 4.74 Å². The Labute approximate surface area is 133 Å². The number of methoxy groups -OCH3 is 1. The zero-order valence-electron chi connectivity index (χ0n) is 13.5. The molecule has 1 nitrogen and oxygen atoms in total. The number of para-hydroxylation sites is 1. The van der Waals surface area contributed by atoms with Crippen LogP contribution < -0.4 is 4.74 Å². The van der Waals surface area contributed by atoms with E-state index in [1.807, 2.05) is 6.07 Å². The molecule has 0 heterocycles. The summed E-state index contributed by atoms with van der Waals surface area (Å²) in [4.78, 5) is 0. The van der Waals surface area contributed by atoms with Crippen molar-refractivity contribution in [1.29, 1.82) is 0 Å². The molecule has 0 unspecified atom stereocenters. The van der Waals surface area contributed by atoms with Crippen LogP contribution in [0.4, 0.5) is 0 Å². The number of hydrogen-bond donors (Lipinski definition) is 0. The number of rotatable bonds is 4. The van der Waals surface area contributed by atoms with Crippen molar-refractivity contribution < 1.29 is 4.74 Å². The zero-order valence-corrected chi connectivity index (χ0v) is 13.5. The Bertz CT molecular complexity index is 721. The molecule has 1 aliphatic rings. The minimum absolute atomic E-state index is 0.0420. The number of benzene rings is 2. The molecule has 0 atom stereocenters. The summed E-state index contributed by atoms with van der Waals surface area (Å²) in [5.74, 6) is 0.978. The molecule has 3 rings (SSSR count). The van der Waals surface area contributed by atoms with E-state index in [0.29, 0.717) is 0 Å². The van der Waals surface area contributed by atoms with Crippen LogP contribution in [-0.4, -0.2) is 7.11 Å². The minimum Gasteiger partial charge on any atom is -0.496 e. The summed E-state index contributed by atoms with van der Waals surface area (Å²) in [5.41, 5.74) is 4.97. The Morgan fingerprint density at radius 2 is 1.73 bits per heavy atom. The fourth-order valence-electron chi connectivity index (χ4n) is 3.18. The van der Waals surface area contributed by atoms with Crippen molar-refractivity contribution in [2.75, 3.05) is 7.11 Å². The van der Waals surface area contributed by atoms with Crippen LogP contribution in [-0.2, 0) is 5.41 Å². The van der Waals surface area contributed by atoms with Gasteiger partial charge in [-0.25, -0.2) is 0 Å². The number of ether oxygens (including phenoxy) is 1. The second-order valence-electron chi connectivity index (χ2n) is 6.20. The highest BCUT2D eigenvalue weighted by atomic mass is 16.5. The monoisotopic (exact) mass is 290 g/mol. The highest BCUT2D eigenvalue weighted by Gasteiger charge is 2.30. The number of hydrogen-bond acceptors (Lipinski definition) is 1. The van der Waals surface area contributed by atoms with Crippen molar-refractivity contribution in [3.05, 3.63) is 77.9 Å². The molecule has 22 heavy (non-hydrogen) atoms. The molecule has 0 fully saturated rings. The molecule has 0 aromatic heterocycles. The Kier molecular flexibility index (Phi) is 3.89. The lowest BCUT2D eigenvalue weighted by atomic mass is 9.75. The van der Waals surface area contributed by atoms with Gasteiger partial charge in [-0.3, -0.25) is 0 Å². The van der Waals surface area contributed by atoms with E-state index in [1.165, 1.54) is 16.7 Å². The van der Waals surface area contributed by atoms with Gasteiger partial charge in [0.05, 0.1) is 7.11 Å². The van der Waals surface area contributed by atoms with E-state index in [2.05, 4.69) is 74.5 Å². The van der Waals surface area contributed by atoms with Gasteiger partial charge in [-0.05, 0) is 12.0 Å². The average Bonchev–Trinajstić information content (AvgIpc) is 3.10. The zero-order chi connectivity index (χ0) is 15.6. The van der Waals surface area contributed by atoms with Gasteiger partial charge in [0.1, 0.15) is 5.75 Å². The molecule has 0 N–H and O–H groups in total. The SMILES string of the molecule is COc1c(-c2ccccc2)cccc1C(C)(C)C1=CC=CC1. The molecule has 0 saturated carbocycles. The number of allylic oxidation sites excluding steroid dienone is 4. The first-order valence-electron chi connectivity index (χ1n) is 7.73. The smallest absolute Gasteiger partial charge is 0.130 e. The van der Waals surface area contributed by atoms with Gasteiger partial charge in [-0.2, -0.15) is 0 Å². The first-order chi connectivity index (χ1) is 10.6. The summed E-state index contributed by atoms with van der Waals surface area (Å²) in [6, 6.07) is 16.9. The topological polar surface area (TPSA) is 9.23 Å². The van der Waals surface area contributed by atoms with Gasteiger partial charge in [0.25, 0.3) is 0 Å². The second-order valence-corrected chi connectivity index (χ2v) is 6.20. The fraction of sp³-hybridized carbons (Fsp3) is 0.238. The van der Waals surface area contributed by atoms with Crippen LogP contribution in [0.25, 0.3) is 11.1 Å². The molecule has 0 saturated heterocycles. The summed E-state index contributed by atoms with van der Waals surface area (Å²) in [7, 11) is 1.77. The third-order valence-corrected chi connectivity index (χ3v) is 4.55. The summed E-state index contributed by atoms with van der Waals surface area (Å²) in [5, 5.41) is 0. The van der Waals surface area contributed by atoms with Crippen LogP contribution in [0.2, 0.25) is 0 Å². The lowest BCUT2D eigenvalue weighted by Crippen LogP contribution is -2.20. The van der Waals surface area contributed by atoms with Gasteiger partial charge in [0.15, 0.2) is 0 Å². The largest absolute Gasteiger partial charge is 0.496 e. The molecule has 2 aromatic rings. The van der Waals surface area contributed by atoms with E-state index in [9.17, 15) is 0 Å². The lowest BCUT2D eigenvalue weighted by Gasteiger charge is -2.30. The standard InChI is InChI=1S/C21H22O/c1-21(2,17-12-7-8-13-17)19-15-9-14-18(20(19)22-3)16-10-5-4-6-11-16/h4-12,14-15H,13H2,1-3H3. The maximum Gasteiger partial charge on any atom is 0.130 e. The van der Waals surface area contributed by atoms with Gasteiger partial charge in [-0.15, -0.1) is 0 Å². The van der Waals surface area contributed by atoms with Crippen LogP contribution in [0.1, 0.15) is 25.8 Å². The third-order valence-electron chi connectivity index (χ3n) is 4.55. The molecule has 0 aliphatic heterocycles. The molecule has 112 valence electrons. The van der Waals surface area contributed by atoms with Crippen LogP contribution in [0.3, 0.4) is 0 Å². The van der Waals surface area contributed by atoms with Crippen molar-refractivity contribution in [3.8, 4) is 16.9 Å². The van der Waals surface area contributed by atoms with Crippen LogP contribution in [0, 0.1) is 0 Å². The first kappa shape index (κ1) is 14.6. The molecule has 2 aromatic carbocycles. The predicted octanol–water partition coefficient (Wildman–Crippen LogP) is 5.53. The van der Waals surface area contributed by atoms with Crippen molar-refractivity contribution in [3.63, 3.8) is 0 Å². The highest BCUT2D eigenvalue weighted by molar-refractivity contribution is 5.73. The van der Waals surface area contributed by atoms with Crippen molar-refractivity contribution in [2.24, 2.45) is 0 Å². The van der Waals surface area contributed by atoms with E-state index in [0.717, 1.165) is 17.7 Å². The normalized spacial score (nSPS) is 14.0. The Morgan fingerprint density at radius 1 is 0.955 bits per heavy atom. The van der Waals surface area contributed by atoms with Gasteiger partial charge >= 0.3 is 0 Å². The molecule has 1 aliphatic carbocycles. The van der Waals surface area contributed by atoms with E-state index in [1.54, 1.807) is 7.11 Å². The van der Waals surface area contributed by atoms with Crippen LogP contribution in [0.15, 0.2) is 72.3 Å². The molecule has 0 bridgehead atoms. The highest BCUT2D eigenvalue weighted by Crippen LogP contribution is 2.44. The molecular formula is C21H22O. The van der Waals surface area contributed by atoms with Crippen LogP contribution >= 0.6 is 0 Å². The minimum atomic E-state index is -0.0420. The second kappa shape index (κ2) is 5.84. The summed E-state index contributed by atoms with van der Waals surface area (Å²) in [6.45, 7) is 4.55. The molecule has 1 heteroatoms. The molecule has 0 amide bonds.